The van der Waals surface area contributed by atoms with Crippen molar-refractivity contribution in [3.63, 3.8) is 0 Å². The van der Waals surface area contributed by atoms with E-state index in [1.165, 1.54) is 11.8 Å². The molecule has 0 spiro atoms. The van der Waals surface area contributed by atoms with Crippen LogP contribution in [0.25, 0.3) is 10.2 Å². The van der Waals surface area contributed by atoms with Crippen LogP contribution in [-0.2, 0) is 0 Å². The van der Waals surface area contributed by atoms with Gasteiger partial charge in [0.05, 0.1) is 16.5 Å². The first-order valence-corrected chi connectivity index (χ1v) is 8.73. The lowest BCUT2D eigenvalue weighted by Gasteiger charge is -2.19. The SMILES string of the molecule is Cc1ccc2nc(N(CCCN(C)C)C(=O)c3ccco3)sc2c1.[Cl-]. The average Bonchev–Trinajstić information content (AvgIpc) is 3.19. The van der Waals surface area contributed by atoms with Gasteiger partial charge >= 0.3 is 0 Å². The summed E-state index contributed by atoms with van der Waals surface area (Å²) in [6.07, 6.45) is 2.39. The summed E-state index contributed by atoms with van der Waals surface area (Å²) in [4.78, 5) is 21.3. The van der Waals surface area contributed by atoms with Crippen LogP contribution in [0.15, 0.2) is 41.0 Å². The molecule has 5 nitrogen and oxygen atoms in total. The maximum atomic E-state index is 12.8. The lowest BCUT2D eigenvalue weighted by atomic mass is 10.2. The molecular weight excluding hydrogens is 358 g/mol. The number of carbonyl (C=O) groups excluding carboxylic acids is 1. The van der Waals surface area contributed by atoms with E-state index in [-0.39, 0.29) is 18.3 Å². The number of halogens is 1. The van der Waals surface area contributed by atoms with Gasteiger partial charge in [-0.05, 0) is 63.8 Å². The molecule has 2 heterocycles. The van der Waals surface area contributed by atoms with Gasteiger partial charge in [0.2, 0.25) is 0 Å². The van der Waals surface area contributed by atoms with E-state index in [9.17, 15) is 4.79 Å². The van der Waals surface area contributed by atoms with Crippen molar-refractivity contribution < 1.29 is 21.6 Å². The Balaban J connectivity index is 0.00000225. The third kappa shape index (κ3) is 4.60. The predicted octanol–water partition coefficient (Wildman–Crippen LogP) is 0.800. The number of aromatic nitrogens is 1. The van der Waals surface area contributed by atoms with Crippen LogP contribution >= 0.6 is 11.3 Å². The van der Waals surface area contributed by atoms with Crippen LogP contribution < -0.4 is 17.3 Å². The Hall–Kier alpha value is -1.89. The summed E-state index contributed by atoms with van der Waals surface area (Å²) in [7, 11) is 4.05. The number of anilines is 1. The standard InChI is InChI=1S/C18H21N3O2S.ClH/c1-13-7-8-14-16(12-13)24-18(19-14)21(10-5-9-20(2)3)17(22)15-6-4-11-23-15;/h4,6-8,11-12H,5,9-10H2,1-3H3;1H/p-1. The van der Waals surface area contributed by atoms with Crippen molar-refractivity contribution in [3.8, 4) is 0 Å². The van der Waals surface area contributed by atoms with E-state index in [0.29, 0.717) is 12.3 Å². The van der Waals surface area contributed by atoms with Crippen LogP contribution in [0.1, 0.15) is 22.5 Å². The number of furan rings is 1. The van der Waals surface area contributed by atoms with Crippen molar-refractivity contribution in [1.29, 1.82) is 0 Å². The highest BCUT2D eigenvalue weighted by molar-refractivity contribution is 7.22. The number of fused-ring (bicyclic) bond motifs is 1. The van der Waals surface area contributed by atoms with E-state index >= 15 is 0 Å². The Kier molecular flexibility index (Phi) is 6.58. The molecule has 3 aromatic rings. The number of rotatable bonds is 6. The smallest absolute Gasteiger partial charge is 0.295 e. The second-order valence-corrected chi connectivity index (χ2v) is 7.07. The Labute approximate surface area is 157 Å². The summed E-state index contributed by atoms with van der Waals surface area (Å²) < 4.78 is 6.39. The number of carbonyl (C=O) groups is 1. The van der Waals surface area contributed by atoms with Crippen LogP contribution in [0.2, 0.25) is 0 Å². The minimum Gasteiger partial charge on any atom is -1.00 e. The van der Waals surface area contributed by atoms with Gasteiger partial charge in [-0.2, -0.15) is 0 Å². The van der Waals surface area contributed by atoms with E-state index in [1.807, 2.05) is 26.2 Å². The van der Waals surface area contributed by atoms with Crippen LogP contribution in [-0.4, -0.2) is 43.0 Å². The van der Waals surface area contributed by atoms with Gasteiger partial charge in [0.15, 0.2) is 10.9 Å². The van der Waals surface area contributed by atoms with Gasteiger partial charge in [-0.25, -0.2) is 4.98 Å². The molecule has 7 heteroatoms. The summed E-state index contributed by atoms with van der Waals surface area (Å²) in [5.74, 6) is 0.199. The molecule has 3 rings (SSSR count). The largest absolute Gasteiger partial charge is 1.00 e. The van der Waals surface area contributed by atoms with Crippen molar-refractivity contribution in [2.45, 2.75) is 13.3 Å². The van der Waals surface area contributed by atoms with Gasteiger partial charge in [-0.3, -0.25) is 9.69 Å². The van der Waals surface area contributed by atoms with E-state index in [4.69, 9.17) is 4.42 Å². The maximum absolute atomic E-state index is 12.8. The summed E-state index contributed by atoms with van der Waals surface area (Å²) in [6, 6.07) is 9.56. The molecule has 0 aliphatic rings. The fraction of sp³-hybridized carbons (Fsp3) is 0.333. The molecule has 1 amide bonds. The number of nitrogens with zero attached hydrogens (tertiary/aromatic N) is 3. The summed E-state index contributed by atoms with van der Waals surface area (Å²) in [6.45, 7) is 3.57. The predicted molar refractivity (Wildman–Crippen MR) is 97.9 cm³/mol. The fourth-order valence-corrected chi connectivity index (χ4v) is 3.59. The van der Waals surface area contributed by atoms with E-state index in [2.05, 4.69) is 22.9 Å². The van der Waals surface area contributed by atoms with Crippen molar-refractivity contribution >= 4 is 32.6 Å². The van der Waals surface area contributed by atoms with Crippen LogP contribution in [0.4, 0.5) is 5.13 Å². The number of thiazole rings is 1. The molecule has 0 N–H and O–H groups in total. The zero-order chi connectivity index (χ0) is 17.1. The number of amides is 1. The molecule has 0 aliphatic heterocycles. The van der Waals surface area contributed by atoms with Gasteiger partial charge in [-0.15, -0.1) is 0 Å². The lowest BCUT2D eigenvalue weighted by Crippen LogP contribution is -3.00. The summed E-state index contributed by atoms with van der Waals surface area (Å²) in [5.41, 5.74) is 2.11. The van der Waals surface area contributed by atoms with Crippen molar-refractivity contribution in [3.05, 3.63) is 47.9 Å². The third-order valence-corrected chi connectivity index (χ3v) is 4.77. The molecule has 0 aliphatic carbocycles. The highest BCUT2D eigenvalue weighted by atomic mass is 35.5. The number of hydrogen-bond acceptors (Lipinski definition) is 5. The number of benzene rings is 1. The second-order valence-electron chi connectivity index (χ2n) is 6.06. The molecule has 0 bridgehead atoms. The van der Waals surface area contributed by atoms with Gasteiger partial charge in [-0.1, -0.05) is 17.4 Å². The van der Waals surface area contributed by atoms with Gasteiger partial charge < -0.3 is 21.7 Å². The third-order valence-electron chi connectivity index (χ3n) is 3.73. The van der Waals surface area contributed by atoms with Crippen LogP contribution in [0.5, 0.6) is 0 Å². The molecule has 0 radical (unpaired) electrons. The molecule has 0 saturated carbocycles. The highest BCUT2D eigenvalue weighted by Crippen LogP contribution is 2.30. The van der Waals surface area contributed by atoms with Crippen LogP contribution in [0.3, 0.4) is 0 Å². The van der Waals surface area contributed by atoms with Crippen molar-refractivity contribution in [1.82, 2.24) is 9.88 Å². The minimum atomic E-state index is -0.144. The lowest BCUT2D eigenvalue weighted by molar-refractivity contribution is -0.0000127. The summed E-state index contributed by atoms with van der Waals surface area (Å²) >= 11 is 1.54. The van der Waals surface area contributed by atoms with E-state index in [0.717, 1.165) is 28.3 Å². The van der Waals surface area contributed by atoms with E-state index in [1.54, 1.807) is 28.4 Å². The van der Waals surface area contributed by atoms with Gasteiger partial charge in [0.1, 0.15) is 0 Å². The topological polar surface area (TPSA) is 49.6 Å². The normalized spacial score (nSPS) is 10.9. The fourth-order valence-electron chi connectivity index (χ4n) is 2.50. The molecular formula is C18H21ClN3O2S-. The highest BCUT2D eigenvalue weighted by Gasteiger charge is 2.23. The quantitative estimate of drug-likeness (QED) is 0.636. The van der Waals surface area contributed by atoms with Gasteiger partial charge in [0, 0.05) is 6.54 Å². The van der Waals surface area contributed by atoms with Crippen molar-refractivity contribution in [2.24, 2.45) is 0 Å². The average molecular weight is 379 g/mol. The molecule has 0 unspecified atom stereocenters. The molecule has 2 aromatic heterocycles. The first-order valence-electron chi connectivity index (χ1n) is 7.92. The zero-order valence-corrected chi connectivity index (χ0v) is 16.1. The Bertz CT molecular complexity index is 830. The van der Waals surface area contributed by atoms with E-state index < -0.39 is 0 Å². The Morgan fingerprint density at radius 2 is 2.04 bits per heavy atom. The maximum Gasteiger partial charge on any atom is 0.295 e. The monoisotopic (exact) mass is 378 g/mol. The van der Waals surface area contributed by atoms with Gasteiger partial charge in [0.25, 0.3) is 5.91 Å². The Morgan fingerprint density at radius 1 is 1.24 bits per heavy atom. The first-order chi connectivity index (χ1) is 11.5. The second kappa shape index (κ2) is 8.47. The molecule has 25 heavy (non-hydrogen) atoms. The Morgan fingerprint density at radius 3 is 2.72 bits per heavy atom. The summed E-state index contributed by atoms with van der Waals surface area (Å²) in [5, 5.41) is 0.718. The molecule has 0 saturated heterocycles. The van der Waals surface area contributed by atoms with Crippen LogP contribution in [0, 0.1) is 6.92 Å². The molecule has 1 aromatic carbocycles. The molecule has 0 fully saturated rings. The molecule has 134 valence electrons. The zero-order valence-electron chi connectivity index (χ0n) is 14.5. The minimum absolute atomic E-state index is 0. The number of hydrogen-bond donors (Lipinski definition) is 0. The number of aryl methyl sites for hydroxylation is 1. The van der Waals surface area contributed by atoms with Crippen molar-refractivity contribution in [2.75, 3.05) is 32.1 Å². The molecule has 0 atom stereocenters. The first kappa shape index (κ1) is 19.4.